The number of ketones is 1. The van der Waals surface area contributed by atoms with E-state index in [-0.39, 0.29) is 79.1 Å². The van der Waals surface area contributed by atoms with Crippen LogP contribution in [0, 0.1) is 5.92 Å². The van der Waals surface area contributed by atoms with Crippen molar-refractivity contribution in [3.05, 3.63) is 0 Å². The van der Waals surface area contributed by atoms with Gasteiger partial charge in [0.1, 0.15) is 11.8 Å². The maximum atomic E-state index is 13.0. The predicted octanol–water partition coefficient (Wildman–Crippen LogP) is -2.81. The molecule has 0 radical (unpaired) electrons. The number of nitrogens with one attached hydrogen (secondary N) is 7. The standard InChI is InChI=1S/C33H63B3N8O8/c1-24(2)26(45)14-5-3-11-20-39-33(52)25(13-9-12-19-37-27(46)15-7-8-17-29(48)41-34)40-28(47)16-6-4-10-18-38-30(49)21-44(22-31(50)42-35)23-32(51)43-36/h24-25H,3-23,34-36H2,1-2H3,(H,37,46)(H,38,49)(H,39,52)(H,40,47)(H,41,48)(H,42,50)(H,43,51)/t25-/m0/s1. The Kier molecular flexibility index (Phi) is 28.4. The lowest BCUT2D eigenvalue weighted by Crippen LogP contribution is -2.47. The van der Waals surface area contributed by atoms with Crippen molar-refractivity contribution in [2.45, 2.75) is 116 Å². The van der Waals surface area contributed by atoms with Crippen LogP contribution in [0.4, 0.5) is 0 Å². The maximum absolute atomic E-state index is 13.0. The van der Waals surface area contributed by atoms with Crippen molar-refractivity contribution in [2.75, 3.05) is 39.3 Å². The molecule has 0 saturated carbocycles. The van der Waals surface area contributed by atoms with E-state index in [0.717, 1.165) is 19.3 Å². The maximum Gasteiger partial charge on any atom is 0.242 e. The molecule has 0 aliphatic carbocycles. The Balaban J connectivity index is 4.69. The van der Waals surface area contributed by atoms with Crippen molar-refractivity contribution in [1.82, 2.24) is 41.9 Å². The molecule has 0 aromatic carbocycles. The lowest BCUT2D eigenvalue weighted by molar-refractivity contribution is -0.129. The fourth-order valence-corrected chi connectivity index (χ4v) is 5.05. The number of nitrogens with zero attached hydrogens (tertiary/aromatic N) is 1. The van der Waals surface area contributed by atoms with Gasteiger partial charge in [0.2, 0.25) is 65.3 Å². The minimum absolute atomic E-state index is 0.0181. The number of hydrogen-bond donors (Lipinski definition) is 7. The van der Waals surface area contributed by atoms with Gasteiger partial charge < -0.3 is 37.0 Å². The molecule has 0 aromatic heterocycles. The fourth-order valence-electron chi connectivity index (χ4n) is 5.05. The van der Waals surface area contributed by atoms with Crippen LogP contribution in [-0.2, 0) is 38.4 Å². The average molecular weight is 732 g/mol. The first kappa shape index (κ1) is 48.1. The topological polar surface area (TPSA) is 224 Å². The van der Waals surface area contributed by atoms with Crippen molar-refractivity contribution in [3.63, 3.8) is 0 Å². The lowest BCUT2D eigenvalue weighted by Gasteiger charge is -2.20. The van der Waals surface area contributed by atoms with E-state index >= 15 is 0 Å². The van der Waals surface area contributed by atoms with Gasteiger partial charge in [0.15, 0.2) is 0 Å². The van der Waals surface area contributed by atoms with Crippen LogP contribution in [0.2, 0.25) is 0 Å². The summed E-state index contributed by atoms with van der Waals surface area (Å²) in [5.74, 6) is -1.35. The predicted molar refractivity (Wildman–Crippen MR) is 207 cm³/mol. The quantitative estimate of drug-likeness (QED) is 0.0288. The highest BCUT2D eigenvalue weighted by atomic mass is 16.2. The molecule has 19 heteroatoms. The highest BCUT2D eigenvalue weighted by molar-refractivity contribution is 6.15. The molecule has 0 bridgehead atoms. The van der Waals surface area contributed by atoms with E-state index in [1.807, 2.05) is 13.8 Å². The molecule has 7 amide bonds. The Hall–Kier alpha value is -3.89. The van der Waals surface area contributed by atoms with Gasteiger partial charge in [-0.15, -0.1) is 0 Å². The number of carbonyl (C=O) groups is 8. The molecule has 292 valence electrons. The number of carbonyl (C=O) groups excluding carboxylic acids is 8. The minimum Gasteiger partial charge on any atom is -0.406 e. The van der Waals surface area contributed by atoms with Gasteiger partial charge in [-0.3, -0.25) is 43.3 Å². The summed E-state index contributed by atoms with van der Waals surface area (Å²) in [6.07, 6.45) is 8.52. The highest BCUT2D eigenvalue weighted by Crippen LogP contribution is 2.08. The number of unbranched alkanes of at least 4 members (excludes halogenated alkanes) is 6. The van der Waals surface area contributed by atoms with Crippen molar-refractivity contribution < 1.29 is 38.4 Å². The molecule has 0 heterocycles. The molecule has 0 unspecified atom stereocenters. The van der Waals surface area contributed by atoms with Gasteiger partial charge >= 0.3 is 0 Å². The summed E-state index contributed by atoms with van der Waals surface area (Å²) in [4.78, 5) is 98.4. The lowest BCUT2D eigenvalue weighted by atomic mass is 10.0. The molecular weight excluding hydrogens is 669 g/mol. The zero-order chi connectivity index (χ0) is 39.1. The van der Waals surface area contributed by atoms with Crippen LogP contribution in [-0.4, -0.2) is 121 Å². The second-order valence-corrected chi connectivity index (χ2v) is 13.2. The Morgan fingerprint density at radius 3 is 1.48 bits per heavy atom. The van der Waals surface area contributed by atoms with Crippen LogP contribution in [0.5, 0.6) is 0 Å². The summed E-state index contributed by atoms with van der Waals surface area (Å²) >= 11 is 0. The minimum atomic E-state index is -0.720. The summed E-state index contributed by atoms with van der Waals surface area (Å²) < 4.78 is 0. The summed E-state index contributed by atoms with van der Waals surface area (Å²) in [6.45, 7) is 4.73. The van der Waals surface area contributed by atoms with Gasteiger partial charge in [0.25, 0.3) is 0 Å². The molecule has 16 nitrogen and oxygen atoms in total. The first-order valence-electron chi connectivity index (χ1n) is 18.8. The molecule has 0 spiro atoms. The van der Waals surface area contributed by atoms with E-state index in [0.29, 0.717) is 90.3 Å². The SMILES string of the molecule is BNC(=O)CCCCC(=O)NCCCC[C@H](NC(=O)CCCCCNC(=O)CN(CC(=O)NB)CC(=O)NB)C(=O)NCCCCCC(=O)C(C)C. The Morgan fingerprint density at radius 2 is 0.923 bits per heavy atom. The molecule has 7 N–H and O–H groups in total. The fraction of sp³-hybridized carbons (Fsp3) is 0.758. The van der Waals surface area contributed by atoms with Crippen LogP contribution >= 0.6 is 0 Å². The first-order valence-corrected chi connectivity index (χ1v) is 18.8. The molecule has 0 aromatic rings. The largest absolute Gasteiger partial charge is 0.406 e. The number of Topliss-reactive ketones (excluding diaryl/α,β-unsaturated/α-hetero) is 1. The van der Waals surface area contributed by atoms with Gasteiger partial charge in [-0.25, -0.2) is 0 Å². The van der Waals surface area contributed by atoms with Crippen molar-refractivity contribution >= 4 is 71.1 Å². The van der Waals surface area contributed by atoms with Crippen LogP contribution in [0.1, 0.15) is 110 Å². The third-order valence-electron chi connectivity index (χ3n) is 8.34. The number of amides is 7. The van der Waals surface area contributed by atoms with Gasteiger partial charge in [-0.2, -0.15) is 0 Å². The Morgan fingerprint density at radius 1 is 0.481 bits per heavy atom. The van der Waals surface area contributed by atoms with Gasteiger partial charge in [-0.1, -0.05) is 26.7 Å². The smallest absolute Gasteiger partial charge is 0.242 e. The van der Waals surface area contributed by atoms with Crippen LogP contribution < -0.4 is 37.0 Å². The Bertz CT molecular complexity index is 1110. The van der Waals surface area contributed by atoms with E-state index in [9.17, 15) is 38.4 Å². The van der Waals surface area contributed by atoms with Crippen LogP contribution in [0.3, 0.4) is 0 Å². The summed E-state index contributed by atoms with van der Waals surface area (Å²) in [6, 6.07) is -0.720. The van der Waals surface area contributed by atoms with Crippen LogP contribution in [0.15, 0.2) is 0 Å². The van der Waals surface area contributed by atoms with E-state index in [1.54, 1.807) is 7.98 Å². The van der Waals surface area contributed by atoms with E-state index in [4.69, 9.17) is 0 Å². The molecule has 0 aliphatic heterocycles. The van der Waals surface area contributed by atoms with Gasteiger partial charge in [0, 0.05) is 51.2 Å². The normalized spacial score (nSPS) is 11.3. The molecule has 1 atom stereocenters. The zero-order valence-electron chi connectivity index (χ0n) is 32.2. The first-order chi connectivity index (χ1) is 24.8. The molecular formula is C33H63B3N8O8. The molecule has 0 fully saturated rings. The van der Waals surface area contributed by atoms with Crippen molar-refractivity contribution in [1.29, 1.82) is 0 Å². The number of hydrogen-bond acceptors (Lipinski definition) is 9. The van der Waals surface area contributed by atoms with Crippen molar-refractivity contribution in [2.24, 2.45) is 5.92 Å². The summed E-state index contributed by atoms with van der Waals surface area (Å²) in [7, 11) is 4.54. The molecule has 0 rings (SSSR count). The van der Waals surface area contributed by atoms with Gasteiger partial charge in [0.05, 0.1) is 19.6 Å². The van der Waals surface area contributed by atoms with E-state index < -0.39 is 6.04 Å². The van der Waals surface area contributed by atoms with Crippen LogP contribution in [0.25, 0.3) is 0 Å². The Labute approximate surface area is 312 Å². The molecule has 0 saturated heterocycles. The van der Waals surface area contributed by atoms with E-state index in [2.05, 4.69) is 37.0 Å². The third-order valence-corrected chi connectivity index (χ3v) is 8.34. The average Bonchev–Trinajstić information content (AvgIpc) is 3.11. The van der Waals surface area contributed by atoms with E-state index in [1.165, 1.54) is 20.9 Å². The monoisotopic (exact) mass is 733 g/mol. The summed E-state index contributed by atoms with van der Waals surface area (Å²) in [5, 5.41) is 18.9. The summed E-state index contributed by atoms with van der Waals surface area (Å²) in [5.41, 5.74) is 0. The second kappa shape index (κ2) is 30.7. The van der Waals surface area contributed by atoms with Gasteiger partial charge in [-0.05, 0) is 57.8 Å². The third kappa shape index (κ3) is 26.9. The second-order valence-electron chi connectivity index (χ2n) is 13.2. The number of rotatable bonds is 31. The molecule has 0 aliphatic rings. The zero-order valence-corrected chi connectivity index (χ0v) is 32.2. The molecule has 52 heavy (non-hydrogen) atoms. The van der Waals surface area contributed by atoms with Crippen molar-refractivity contribution in [3.8, 4) is 0 Å². The highest BCUT2D eigenvalue weighted by Gasteiger charge is 2.20.